The number of rotatable bonds is 6. The van der Waals surface area contributed by atoms with E-state index in [1.807, 2.05) is 0 Å². The van der Waals surface area contributed by atoms with Crippen LogP contribution in [0.4, 0.5) is 5.13 Å². The molecule has 1 amide bonds. The van der Waals surface area contributed by atoms with Crippen molar-refractivity contribution in [2.45, 2.75) is 48.1 Å². The molecule has 2 aromatic rings. The van der Waals surface area contributed by atoms with Gasteiger partial charge in [0.2, 0.25) is 5.91 Å². The first-order valence-electron chi connectivity index (χ1n) is 10.1. The van der Waals surface area contributed by atoms with Crippen molar-refractivity contribution in [1.29, 1.82) is 0 Å². The standard InChI is InChI=1S/C20H25N3O3S3/c1-23(29(25,26)18-3-2-4-27-18)11-17(24)22-19-21-16(12-28-19)20-8-13-5-14(9-20)7-15(6-13)10-20/h2-4,12-15H,5-11H2,1H3,(H,21,22,24). The van der Waals surface area contributed by atoms with Gasteiger partial charge < -0.3 is 5.32 Å². The van der Waals surface area contributed by atoms with E-state index in [1.54, 1.807) is 17.5 Å². The smallest absolute Gasteiger partial charge is 0.252 e. The van der Waals surface area contributed by atoms with Crippen molar-refractivity contribution < 1.29 is 13.2 Å². The molecule has 0 aromatic carbocycles. The first-order valence-corrected chi connectivity index (χ1v) is 13.3. The summed E-state index contributed by atoms with van der Waals surface area (Å²) in [7, 11) is -2.21. The van der Waals surface area contributed by atoms with E-state index in [-0.39, 0.29) is 22.1 Å². The summed E-state index contributed by atoms with van der Waals surface area (Å²) < 4.78 is 26.3. The molecule has 156 valence electrons. The van der Waals surface area contributed by atoms with Crippen LogP contribution in [-0.2, 0) is 20.2 Å². The summed E-state index contributed by atoms with van der Waals surface area (Å²) in [4.78, 5) is 17.2. The molecule has 6 nitrogen and oxygen atoms in total. The zero-order chi connectivity index (χ0) is 20.2. The van der Waals surface area contributed by atoms with Crippen LogP contribution in [0, 0.1) is 17.8 Å². The van der Waals surface area contributed by atoms with Gasteiger partial charge >= 0.3 is 0 Å². The largest absolute Gasteiger partial charge is 0.301 e. The van der Waals surface area contributed by atoms with Crippen molar-refractivity contribution in [3.63, 3.8) is 0 Å². The molecule has 29 heavy (non-hydrogen) atoms. The van der Waals surface area contributed by atoms with Gasteiger partial charge in [0.25, 0.3) is 10.0 Å². The Kier molecular flexibility index (Phi) is 4.84. The number of aromatic nitrogens is 1. The monoisotopic (exact) mass is 451 g/mol. The van der Waals surface area contributed by atoms with Crippen molar-refractivity contribution in [2.24, 2.45) is 17.8 Å². The number of amides is 1. The van der Waals surface area contributed by atoms with E-state index in [1.165, 1.54) is 56.9 Å². The highest BCUT2D eigenvalue weighted by Gasteiger charge is 2.52. The highest BCUT2D eigenvalue weighted by Crippen LogP contribution is 2.60. The molecule has 4 saturated carbocycles. The van der Waals surface area contributed by atoms with Crippen molar-refractivity contribution in [3.05, 3.63) is 28.6 Å². The number of carbonyl (C=O) groups is 1. The van der Waals surface area contributed by atoms with Crippen LogP contribution in [0.25, 0.3) is 0 Å². The Hall–Kier alpha value is -1.29. The molecule has 0 saturated heterocycles. The highest BCUT2D eigenvalue weighted by atomic mass is 32.2. The number of anilines is 1. The molecule has 2 heterocycles. The third kappa shape index (κ3) is 3.56. The summed E-state index contributed by atoms with van der Waals surface area (Å²) in [6.07, 6.45) is 7.86. The number of sulfonamides is 1. The zero-order valence-electron chi connectivity index (χ0n) is 16.3. The summed E-state index contributed by atoms with van der Waals surface area (Å²) in [6, 6.07) is 3.24. The number of likely N-dealkylation sites (N-methyl/N-ethyl adjacent to an activating group) is 1. The molecule has 4 bridgehead atoms. The first kappa shape index (κ1) is 19.7. The van der Waals surface area contributed by atoms with Crippen LogP contribution < -0.4 is 5.32 Å². The number of hydrogen-bond donors (Lipinski definition) is 1. The lowest BCUT2D eigenvalue weighted by Gasteiger charge is -2.56. The quantitative estimate of drug-likeness (QED) is 0.722. The number of carbonyl (C=O) groups excluding carboxylic acids is 1. The molecule has 9 heteroatoms. The summed E-state index contributed by atoms with van der Waals surface area (Å²) in [5.74, 6) is 2.17. The average Bonchev–Trinajstić information content (AvgIpc) is 3.33. The molecular formula is C20H25N3O3S3. The number of thiazole rings is 1. The minimum absolute atomic E-state index is 0.202. The third-order valence-electron chi connectivity index (χ3n) is 6.86. The van der Waals surface area contributed by atoms with Gasteiger partial charge in [-0.25, -0.2) is 13.4 Å². The van der Waals surface area contributed by atoms with Crippen LogP contribution in [0.15, 0.2) is 27.1 Å². The fourth-order valence-electron chi connectivity index (χ4n) is 6.01. The predicted molar refractivity (Wildman–Crippen MR) is 115 cm³/mol. The average molecular weight is 452 g/mol. The Bertz CT molecular complexity index is 978. The molecule has 6 rings (SSSR count). The Labute approximate surface area is 179 Å². The maximum absolute atomic E-state index is 12.5. The van der Waals surface area contributed by atoms with Gasteiger partial charge in [-0.1, -0.05) is 6.07 Å². The van der Waals surface area contributed by atoms with Crippen LogP contribution in [0.3, 0.4) is 0 Å². The molecule has 0 atom stereocenters. The second-order valence-electron chi connectivity index (χ2n) is 8.98. The lowest BCUT2D eigenvalue weighted by atomic mass is 9.49. The van der Waals surface area contributed by atoms with Gasteiger partial charge in [-0.3, -0.25) is 4.79 Å². The first-order chi connectivity index (χ1) is 13.8. The number of thiophene rings is 1. The van der Waals surface area contributed by atoms with Crippen molar-refractivity contribution >= 4 is 43.7 Å². The van der Waals surface area contributed by atoms with Gasteiger partial charge in [0.05, 0.1) is 12.2 Å². The molecule has 0 unspecified atom stereocenters. The van der Waals surface area contributed by atoms with E-state index < -0.39 is 10.0 Å². The molecule has 0 spiro atoms. The molecule has 0 aliphatic heterocycles. The van der Waals surface area contributed by atoms with Crippen molar-refractivity contribution in [1.82, 2.24) is 9.29 Å². The fraction of sp³-hybridized carbons (Fsp3) is 0.600. The van der Waals surface area contributed by atoms with Gasteiger partial charge in [-0.2, -0.15) is 4.31 Å². The SMILES string of the molecule is CN(CC(=O)Nc1nc(C23CC4CC(CC(C4)C2)C3)cs1)S(=O)(=O)c1cccs1. The fourth-order valence-corrected chi connectivity index (χ4v) is 9.19. The maximum atomic E-state index is 12.5. The molecule has 0 radical (unpaired) electrons. The van der Waals surface area contributed by atoms with Crippen LogP contribution in [0.2, 0.25) is 0 Å². The highest BCUT2D eigenvalue weighted by molar-refractivity contribution is 7.91. The molecule has 1 N–H and O–H groups in total. The minimum atomic E-state index is -3.63. The summed E-state index contributed by atoms with van der Waals surface area (Å²) in [5, 5.41) is 7.20. The van der Waals surface area contributed by atoms with E-state index in [0.29, 0.717) is 5.13 Å². The van der Waals surface area contributed by atoms with Crippen LogP contribution in [0.5, 0.6) is 0 Å². The van der Waals surface area contributed by atoms with Crippen LogP contribution in [0.1, 0.15) is 44.2 Å². The lowest BCUT2D eigenvalue weighted by Crippen LogP contribution is -2.48. The minimum Gasteiger partial charge on any atom is -0.301 e. The molecule has 4 aliphatic rings. The predicted octanol–water partition coefficient (Wildman–Crippen LogP) is 3.93. The topological polar surface area (TPSA) is 79.4 Å². The van der Waals surface area contributed by atoms with Crippen molar-refractivity contribution in [2.75, 3.05) is 18.9 Å². The number of hydrogen-bond acceptors (Lipinski definition) is 6. The summed E-state index contributed by atoms with van der Waals surface area (Å²) >= 11 is 2.60. The molecular weight excluding hydrogens is 426 g/mol. The Morgan fingerprint density at radius 3 is 2.45 bits per heavy atom. The molecule has 4 fully saturated rings. The normalized spacial score (nSPS) is 30.8. The lowest BCUT2D eigenvalue weighted by molar-refractivity contribution is -0.116. The number of nitrogens with one attached hydrogen (secondary N) is 1. The summed E-state index contributed by atoms with van der Waals surface area (Å²) in [6.45, 7) is -0.230. The molecule has 4 aliphatic carbocycles. The van der Waals surface area contributed by atoms with Gasteiger partial charge in [0.1, 0.15) is 4.21 Å². The van der Waals surface area contributed by atoms with Gasteiger partial charge in [-0.15, -0.1) is 22.7 Å². The van der Waals surface area contributed by atoms with Gasteiger partial charge in [0, 0.05) is 17.8 Å². The number of nitrogens with zero attached hydrogens (tertiary/aromatic N) is 2. The van der Waals surface area contributed by atoms with Crippen LogP contribution in [-0.4, -0.2) is 37.2 Å². The second-order valence-corrected chi connectivity index (χ2v) is 13.1. The van der Waals surface area contributed by atoms with Crippen LogP contribution >= 0.6 is 22.7 Å². The maximum Gasteiger partial charge on any atom is 0.252 e. The third-order valence-corrected chi connectivity index (χ3v) is 10.8. The van der Waals surface area contributed by atoms with E-state index >= 15 is 0 Å². The van der Waals surface area contributed by atoms with E-state index in [2.05, 4.69) is 10.7 Å². The van der Waals surface area contributed by atoms with E-state index in [4.69, 9.17) is 4.98 Å². The summed E-state index contributed by atoms with van der Waals surface area (Å²) in [5.41, 5.74) is 1.34. The van der Waals surface area contributed by atoms with Gasteiger partial charge in [0.15, 0.2) is 5.13 Å². The zero-order valence-corrected chi connectivity index (χ0v) is 18.8. The Balaban J connectivity index is 1.25. The molecule has 2 aromatic heterocycles. The second kappa shape index (κ2) is 7.14. The van der Waals surface area contributed by atoms with E-state index in [0.717, 1.165) is 39.1 Å². The Morgan fingerprint density at radius 2 is 1.86 bits per heavy atom. The Morgan fingerprint density at radius 1 is 1.21 bits per heavy atom. The van der Waals surface area contributed by atoms with E-state index in [9.17, 15) is 13.2 Å². The van der Waals surface area contributed by atoms with Crippen molar-refractivity contribution in [3.8, 4) is 0 Å². The van der Waals surface area contributed by atoms with Gasteiger partial charge in [-0.05, 0) is 67.7 Å².